The highest BCUT2D eigenvalue weighted by Crippen LogP contribution is 2.57. The molecule has 0 radical (unpaired) electrons. The molecule has 0 heterocycles. The SMILES string of the molecule is CCC1CCC(CO)(CS(=O)(=O)O)C1(C)C. The van der Waals surface area contributed by atoms with Crippen LogP contribution in [0.25, 0.3) is 0 Å². The third-order valence-electron chi connectivity index (χ3n) is 4.61. The quantitative estimate of drug-likeness (QED) is 0.745. The van der Waals surface area contributed by atoms with Crippen LogP contribution in [0, 0.1) is 16.7 Å². The molecule has 0 aromatic carbocycles. The molecule has 0 aliphatic heterocycles. The number of hydrogen-bond donors (Lipinski definition) is 2. The Kier molecular flexibility index (Phi) is 3.72. The number of rotatable bonds is 4. The molecule has 5 heteroatoms. The lowest BCUT2D eigenvalue weighted by Crippen LogP contribution is -2.44. The van der Waals surface area contributed by atoms with E-state index >= 15 is 0 Å². The second-order valence-electron chi connectivity index (χ2n) is 5.53. The molecule has 2 unspecified atom stereocenters. The first-order chi connectivity index (χ1) is 7.18. The standard InChI is InChI=1S/C11H22O4S/c1-4-9-5-6-11(7-12,10(9,2)3)8-16(13,14)15/h9,12H,4-8H2,1-3H3,(H,13,14,15). The third kappa shape index (κ3) is 2.26. The van der Waals surface area contributed by atoms with Crippen LogP contribution < -0.4 is 0 Å². The average molecular weight is 250 g/mol. The lowest BCUT2D eigenvalue weighted by Gasteiger charge is -2.42. The van der Waals surface area contributed by atoms with Crippen molar-refractivity contribution in [2.45, 2.75) is 40.0 Å². The van der Waals surface area contributed by atoms with Crippen LogP contribution in [0.1, 0.15) is 40.0 Å². The van der Waals surface area contributed by atoms with E-state index < -0.39 is 15.5 Å². The van der Waals surface area contributed by atoms with Crippen molar-refractivity contribution in [1.82, 2.24) is 0 Å². The highest BCUT2D eigenvalue weighted by atomic mass is 32.2. The van der Waals surface area contributed by atoms with Crippen LogP contribution in [0.15, 0.2) is 0 Å². The van der Waals surface area contributed by atoms with Crippen molar-refractivity contribution in [2.75, 3.05) is 12.4 Å². The first kappa shape index (κ1) is 13.9. The fourth-order valence-electron chi connectivity index (χ4n) is 3.22. The maximum absolute atomic E-state index is 11.1. The summed E-state index contributed by atoms with van der Waals surface area (Å²) in [5, 5.41) is 9.55. The van der Waals surface area contributed by atoms with Crippen LogP contribution in [-0.4, -0.2) is 30.4 Å². The minimum Gasteiger partial charge on any atom is -0.396 e. The molecule has 0 aromatic heterocycles. The van der Waals surface area contributed by atoms with Crippen molar-refractivity contribution in [3.63, 3.8) is 0 Å². The van der Waals surface area contributed by atoms with Crippen molar-refractivity contribution in [3.05, 3.63) is 0 Å². The van der Waals surface area contributed by atoms with Gasteiger partial charge >= 0.3 is 0 Å². The Hall–Kier alpha value is -0.130. The predicted molar refractivity (Wildman–Crippen MR) is 62.7 cm³/mol. The van der Waals surface area contributed by atoms with E-state index in [1.807, 2.05) is 13.8 Å². The largest absolute Gasteiger partial charge is 0.396 e. The summed E-state index contributed by atoms with van der Waals surface area (Å²) < 4.78 is 31.2. The van der Waals surface area contributed by atoms with Crippen LogP contribution >= 0.6 is 0 Å². The van der Waals surface area contributed by atoms with Gasteiger partial charge in [-0.3, -0.25) is 4.55 Å². The van der Waals surface area contributed by atoms with Crippen molar-refractivity contribution in [1.29, 1.82) is 0 Å². The topological polar surface area (TPSA) is 74.6 Å². The van der Waals surface area contributed by atoms with Gasteiger partial charge in [0.25, 0.3) is 10.1 Å². The zero-order valence-corrected chi connectivity index (χ0v) is 11.0. The van der Waals surface area contributed by atoms with Gasteiger partial charge in [-0.2, -0.15) is 8.42 Å². The Morgan fingerprint density at radius 1 is 1.38 bits per heavy atom. The predicted octanol–water partition coefficient (Wildman–Crippen LogP) is 1.70. The molecule has 0 saturated heterocycles. The summed E-state index contributed by atoms with van der Waals surface area (Å²) >= 11 is 0. The Bertz CT molecular complexity index is 347. The van der Waals surface area contributed by atoms with Crippen molar-refractivity contribution >= 4 is 10.1 Å². The lowest BCUT2D eigenvalue weighted by molar-refractivity contribution is 0.0264. The first-order valence-corrected chi connectivity index (χ1v) is 7.35. The maximum Gasteiger partial charge on any atom is 0.265 e. The first-order valence-electron chi connectivity index (χ1n) is 5.74. The van der Waals surface area contributed by atoms with Gasteiger partial charge in [0.2, 0.25) is 0 Å². The maximum atomic E-state index is 11.1. The van der Waals surface area contributed by atoms with E-state index in [1.54, 1.807) is 0 Å². The van der Waals surface area contributed by atoms with E-state index in [0.29, 0.717) is 12.3 Å². The smallest absolute Gasteiger partial charge is 0.265 e. The minimum atomic E-state index is -4.04. The zero-order valence-electron chi connectivity index (χ0n) is 10.2. The van der Waals surface area contributed by atoms with Crippen molar-refractivity contribution < 1.29 is 18.1 Å². The fraction of sp³-hybridized carbons (Fsp3) is 1.00. The van der Waals surface area contributed by atoms with Crippen LogP contribution in [-0.2, 0) is 10.1 Å². The summed E-state index contributed by atoms with van der Waals surface area (Å²) in [6.45, 7) is 5.88. The molecule has 0 aromatic rings. The van der Waals surface area contributed by atoms with E-state index in [4.69, 9.17) is 4.55 Å². The Morgan fingerprint density at radius 3 is 2.25 bits per heavy atom. The van der Waals surface area contributed by atoms with Crippen LogP contribution in [0.2, 0.25) is 0 Å². The van der Waals surface area contributed by atoms with Gasteiger partial charge in [0, 0.05) is 5.41 Å². The summed E-state index contributed by atoms with van der Waals surface area (Å²) in [6, 6.07) is 0. The van der Waals surface area contributed by atoms with Gasteiger partial charge in [-0.15, -0.1) is 0 Å². The molecule has 0 amide bonds. The summed E-state index contributed by atoms with van der Waals surface area (Å²) in [7, 11) is -4.04. The third-order valence-corrected chi connectivity index (χ3v) is 5.53. The molecule has 96 valence electrons. The van der Waals surface area contributed by atoms with E-state index in [-0.39, 0.29) is 17.8 Å². The van der Waals surface area contributed by atoms with Gasteiger partial charge in [-0.25, -0.2) is 0 Å². The van der Waals surface area contributed by atoms with Gasteiger partial charge in [-0.1, -0.05) is 27.2 Å². The molecule has 1 fully saturated rings. The van der Waals surface area contributed by atoms with E-state index in [1.165, 1.54) is 0 Å². The van der Waals surface area contributed by atoms with Crippen molar-refractivity contribution in [2.24, 2.45) is 16.7 Å². The average Bonchev–Trinajstić information content (AvgIpc) is 2.36. The molecule has 1 aliphatic carbocycles. The van der Waals surface area contributed by atoms with Gasteiger partial charge in [-0.05, 0) is 24.2 Å². The van der Waals surface area contributed by atoms with E-state index in [2.05, 4.69) is 6.92 Å². The lowest BCUT2D eigenvalue weighted by atomic mass is 9.65. The number of aliphatic hydroxyl groups excluding tert-OH is 1. The fourth-order valence-corrected chi connectivity index (χ4v) is 4.52. The highest BCUT2D eigenvalue weighted by Gasteiger charge is 2.54. The molecular weight excluding hydrogens is 228 g/mol. The van der Waals surface area contributed by atoms with Gasteiger partial charge in [0.1, 0.15) is 0 Å². The van der Waals surface area contributed by atoms with Crippen LogP contribution in [0.4, 0.5) is 0 Å². The molecule has 1 saturated carbocycles. The summed E-state index contributed by atoms with van der Waals surface area (Å²) in [5.41, 5.74) is -0.951. The Labute approximate surface area is 97.8 Å². The molecule has 0 bridgehead atoms. The Morgan fingerprint density at radius 2 is 1.94 bits per heavy atom. The monoisotopic (exact) mass is 250 g/mol. The molecule has 1 rings (SSSR count). The minimum absolute atomic E-state index is 0.184. The van der Waals surface area contributed by atoms with Crippen LogP contribution in [0.5, 0.6) is 0 Å². The van der Waals surface area contributed by atoms with Crippen LogP contribution in [0.3, 0.4) is 0 Å². The highest BCUT2D eigenvalue weighted by molar-refractivity contribution is 7.85. The number of aliphatic hydroxyl groups is 1. The molecular formula is C11H22O4S. The summed E-state index contributed by atoms with van der Waals surface area (Å²) in [5.74, 6) is 0.0707. The van der Waals surface area contributed by atoms with E-state index in [0.717, 1.165) is 12.8 Å². The van der Waals surface area contributed by atoms with Gasteiger partial charge in [0.05, 0.1) is 12.4 Å². The molecule has 4 nitrogen and oxygen atoms in total. The van der Waals surface area contributed by atoms with Gasteiger partial charge in [0.15, 0.2) is 0 Å². The zero-order chi connectivity index (χ0) is 12.6. The van der Waals surface area contributed by atoms with Gasteiger partial charge < -0.3 is 5.11 Å². The molecule has 2 N–H and O–H groups in total. The van der Waals surface area contributed by atoms with E-state index in [9.17, 15) is 13.5 Å². The van der Waals surface area contributed by atoms with Crippen molar-refractivity contribution in [3.8, 4) is 0 Å². The second-order valence-corrected chi connectivity index (χ2v) is 6.98. The second kappa shape index (κ2) is 4.27. The summed E-state index contributed by atoms with van der Waals surface area (Å²) in [6.07, 6.45) is 2.55. The molecule has 0 spiro atoms. The Balaban J connectivity index is 3.06. The molecule has 1 aliphatic rings. The summed E-state index contributed by atoms with van der Waals surface area (Å²) in [4.78, 5) is 0. The molecule has 2 atom stereocenters. The molecule has 16 heavy (non-hydrogen) atoms. The normalized spacial score (nSPS) is 34.2. The number of hydrogen-bond acceptors (Lipinski definition) is 3.